The Morgan fingerprint density at radius 3 is 1.39 bits per heavy atom. The molecule has 0 saturated heterocycles. The van der Waals surface area contributed by atoms with Gasteiger partial charge in [-0.15, -0.1) is 12.4 Å². The molecule has 0 heterocycles. The van der Waals surface area contributed by atoms with E-state index in [-0.39, 0.29) is 24.1 Å². The fraction of sp³-hybridized carbons (Fsp3) is 0.966. The van der Waals surface area contributed by atoms with Gasteiger partial charge in [0.15, 0.2) is 0 Å². The third kappa shape index (κ3) is 19.1. The first-order chi connectivity index (χ1) is 16.8. The zero-order valence-electron chi connectivity index (χ0n) is 24.8. The summed E-state index contributed by atoms with van der Waals surface area (Å²) < 4.78 is 17.8. The minimum Gasteiger partial charge on any atom is -0.374 e. The van der Waals surface area contributed by atoms with Crippen LogP contribution in [0.4, 0.5) is 0 Å². The third-order valence-electron chi connectivity index (χ3n) is 6.90. The van der Waals surface area contributed by atoms with Gasteiger partial charge in [-0.3, -0.25) is 4.79 Å². The smallest absolute Gasteiger partial charge is 0.374 e. The van der Waals surface area contributed by atoms with Crippen LogP contribution in [0.15, 0.2) is 0 Å². The van der Waals surface area contributed by atoms with Gasteiger partial charge in [0.1, 0.15) is 5.78 Å². The Hall–Kier alpha value is 0.0169. The van der Waals surface area contributed by atoms with Crippen LogP contribution < -0.4 is 5.73 Å². The Bertz CT molecular complexity index is 485. The predicted molar refractivity (Wildman–Crippen MR) is 159 cm³/mol. The second-order valence-corrected chi connectivity index (χ2v) is 13.4. The fourth-order valence-corrected chi connectivity index (χ4v) is 7.50. The lowest BCUT2D eigenvalue weighted by atomic mass is 9.80. The highest BCUT2D eigenvalue weighted by atomic mass is 35.5. The second-order valence-electron chi connectivity index (χ2n) is 10.7. The molecule has 1 atom stereocenters. The van der Waals surface area contributed by atoms with Crippen molar-refractivity contribution in [3.63, 3.8) is 0 Å². The summed E-state index contributed by atoms with van der Waals surface area (Å²) in [5, 5.41) is 0. The van der Waals surface area contributed by atoms with Crippen LogP contribution in [0.2, 0.25) is 6.04 Å². The van der Waals surface area contributed by atoms with Gasteiger partial charge in [-0.25, -0.2) is 0 Å². The Labute approximate surface area is 232 Å². The minimum absolute atomic E-state index is 0. The molecular formula is C29H62ClNO4Si. The quantitative estimate of drug-likeness (QED) is 0.0859. The molecule has 0 spiro atoms. The molecule has 0 bridgehead atoms. The van der Waals surface area contributed by atoms with Crippen molar-refractivity contribution in [2.24, 2.45) is 11.7 Å². The molecule has 0 amide bonds. The lowest BCUT2D eigenvalue weighted by Gasteiger charge is -2.32. The molecule has 0 aliphatic rings. The largest absolute Gasteiger partial charge is 0.501 e. The van der Waals surface area contributed by atoms with Crippen molar-refractivity contribution in [1.29, 1.82) is 0 Å². The standard InChI is InChI=1S/C29H61NO4Si.ClH/c1-7-11-12-13-14-15-16-17-18-19-20-21-22-23-24-27(29(5,6)30)28(31)25-26-35(32-8-2,33-9-3)34-10-4;/h27H,7-26,30H2,1-6H3;1H. The zero-order valence-corrected chi connectivity index (χ0v) is 26.7. The van der Waals surface area contributed by atoms with E-state index in [2.05, 4.69) is 6.92 Å². The van der Waals surface area contributed by atoms with E-state index in [1.807, 2.05) is 34.6 Å². The number of Topliss-reactive ketones (excluding diaryl/α,β-unsaturated/α-hetero) is 1. The van der Waals surface area contributed by atoms with Crippen molar-refractivity contribution in [3.8, 4) is 0 Å². The first-order valence-corrected chi connectivity index (χ1v) is 16.9. The summed E-state index contributed by atoms with van der Waals surface area (Å²) in [5.41, 5.74) is 5.93. The maximum Gasteiger partial charge on any atom is 0.501 e. The van der Waals surface area contributed by atoms with E-state index in [1.165, 1.54) is 83.5 Å². The number of rotatable bonds is 26. The molecule has 0 rings (SSSR count). The molecule has 0 aromatic heterocycles. The van der Waals surface area contributed by atoms with Crippen LogP contribution in [0, 0.1) is 5.92 Å². The van der Waals surface area contributed by atoms with Gasteiger partial charge >= 0.3 is 8.80 Å². The Balaban J connectivity index is 0. The Kier molecular flexibility index (Phi) is 25.5. The molecule has 0 aliphatic carbocycles. The van der Waals surface area contributed by atoms with Crippen LogP contribution in [0.25, 0.3) is 0 Å². The minimum atomic E-state index is -2.80. The summed E-state index contributed by atoms with van der Waals surface area (Å²) in [6.45, 7) is 13.7. The third-order valence-corrected chi connectivity index (χ3v) is 9.95. The Morgan fingerprint density at radius 2 is 1.06 bits per heavy atom. The molecule has 0 aliphatic heterocycles. The van der Waals surface area contributed by atoms with E-state index in [0.29, 0.717) is 32.3 Å². The number of nitrogens with two attached hydrogens (primary N) is 1. The maximum absolute atomic E-state index is 13.2. The van der Waals surface area contributed by atoms with Gasteiger partial charge < -0.3 is 19.0 Å². The molecule has 2 N–H and O–H groups in total. The Morgan fingerprint density at radius 1 is 0.694 bits per heavy atom. The van der Waals surface area contributed by atoms with Crippen LogP contribution in [-0.4, -0.2) is 39.9 Å². The van der Waals surface area contributed by atoms with Crippen molar-refractivity contribution >= 4 is 27.0 Å². The SMILES string of the molecule is CCCCCCCCCCCCCCCCC(C(=O)CC[Si](OCC)(OCC)OCC)C(C)(C)N.Cl. The number of carbonyl (C=O) groups excluding carboxylic acids is 1. The van der Waals surface area contributed by atoms with Gasteiger partial charge in [-0.05, 0) is 41.0 Å². The van der Waals surface area contributed by atoms with Crippen molar-refractivity contribution in [2.45, 2.75) is 156 Å². The normalized spacial score (nSPS) is 13.0. The topological polar surface area (TPSA) is 70.8 Å². The van der Waals surface area contributed by atoms with Crippen molar-refractivity contribution in [1.82, 2.24) is 0 Å². The molecule has 0 radical (unpaired) electrons. The number of unbranched alkanes of at least 4 members (excludes halogenated alkanes) is 13. The highest BCUT2D eigenvalue weighted by molar-refractivity contribution is 6.61. The monoisotopic (exact) mass is 551 g/mol. The van der Waals surface area contributed by atoms with Gasteiger partial charge in [0.2, 0.25) is 0 Å². The number of ketones is 1. The maximum atomic E-state index is 13.2. The van der Waals surface area contributed by atoms with E-state index < -0.39 is 14.3 Å². The lowest BCUT2D eigenvalue weighted by molar-refractivity contribution is -0.124. The lowest BCUT2D eigenvalue weighted by Crippen LogP contribution is -2.48. The van der Waals surface area contributed by atoms with E-state index >= 15 is 0 Å². The number of halogens is 1. The fourth-order valence-electron chi connectivity index (χ4n) is 4.94. The molecule has 0 aromatic rings. The van der Waals surface area contributed by atoms with Crippen LogP contribution in [0.3, 0.4) is 0 Å². The first-order valence-electron chi connectivity index (χ1n) is 15.0. The van der Waals surface area contributed by atoms with Gasteiger partial charge in [0, 0.05) is 43.7 Å². The van der Waals surface area contributed by atoms with E-state index in [0.717, 1.165) is 12.8 Å². The predicted octanol–water partition coefficient (Wildman–Crippen LogP) is 8.64. The summed E-state index contributed by atoms with van der Waals surface area (Å²) in [6.07, 6.45) is 20.0. The molecule has 36 heavy (non-hydrogen) atoms. The van der Waals surface area contributed by atoms with E-state index in [4.69, 9.17) is 19.0 Å². The van der Waals surface area contributed by atoms with Gasteiger partial charge in [-0.1, -0.05) is 96.8 Å². The van der Waals surface area contributed by atoms with Crippen LogP contribution >= 0.6 is 12.4 Å². The summed E-state index contributed by atoms with van der Waals surface area (Å²) >= 11 is 0. The molecular weight excluding hydrogens is 490 g/mol. The number of hydrogen-bond acceptors (Lipinski definition) is 5. The molecule has 218 valence electrons. The van der Waals surface area contributed by atoms with Crippen LogP contribution in [0.1, 0.15) is 144 Å². The zero-order chi connectivity index (χ0) is 26.4. The molecule has 0 fully saturated rings. The average molecular weight is 552 g/mol. The van der Waals surface area contributed by atoms with Crippen LogP contribution in [-0.2, 0) is 18.1 Å². The van der Waals surface area contributed by atoms with E-state index in [9.17, 15) is 4.79 Å². The first kappa shape index (κ1) is 38.2. The summed E-state index contributed by atoms with van der Waals surface area (Å²) in [7, 11) is -2.80. The average Bonchev–Trinajstić information content (AvgIpc) is 2.80. The van der Waals surface area contributed by atoms with Crippen molar-refractivity contribution in [2.75, 3.05) is 19.8 Å². The molecule has 0 saturated carbocycles. The second kappa shape index (κ2) is 24.1. The molecule has 0 aromatic carbocycles. The van der Waals surface area contributed by atoms with Crippen molar-refractivity contribution in [3.05, 3.63) is 0 Å². The van der Waals surface area contributed by atoms with E-state index in [1.54, 1.807) is 0 Å². The number of hydrogen-bond donors (Lipinski definition) is 1. The summed E-state index contributed by atoms with van der Waals surface area (Å²) in [4.78, 5) is 13.2. The summed E-state index contributed by atoms with van der Waals surface area (Å²) in [5.74, 6) is 0.0968. The van der Waals surface area contributed by atoms with Crippen LogP contribution in [0.5, 0.6) is 0 Å². The highest BCUT2D eigenvalue weighted by Gasteiger charge is 2.42. The highest BCUT2D eigenvalue weighted by Crippen LogP contribution is 2.27. The summed E-state index contributed by atoms with van der Waals surface area (Å²) in [6, 6.07) is 0.534. The van der Waals surface area contributed by atoms with Gasteiger partial charge in [-0.2, -0.15) is 0 Å². The number of carbonyl (C=O) groups is 1. The van der Waals surface area contributed by atoms with Gasteiger partial charge in [0.05, 0.1) is 0 Å². The molecule has 1 unspecified atom stereocenters. The molecule has 5 nitrogen and oxygen atoms in total. The van der Waals surface area contributed by atoms with Crippen molar-refractivity contribution < 1.29 is 18.1 Å². The molecule has 7 heteroatoms. The van der Waals surface area contributed by atoms with Gasteiger partial charge in [0.25, 0.3) is 0 Å².